The van der Waals surface area contributed by atoms with Gasteiger partial charge in [-0.3, -0.25) is 24.6 Å². The molecule has 0 radical (unpaired) electrons. The van der Waals surface area contributed by atoms with Crippen LogP contribution in [-0.2, 0) is 11.3 Å². The lowest BCUT2D eigenvalue weighted by molar-refractivity contribution is -0.385. The highest BCUT2D eigenvalue weighted by molar-refractivity contribution is 8.18. The summed E-state index contributed by atoms with van der Waals surface area (Å²) in [6.45, 7) is -0.178. The molecule has 8 heteroatoms. The van der Waals surface area contributed by atoms with Gasteiger partial charge in [0.2, 0.25) is 0 Å². The molecule has 126 valence electrons. The van der Waals surface area contributed by atoms with Crippen molar-refractivity contribution in [3.05, 3.63) is 80.5 Å². The Morgan fingerprint density at radius 3 is 2.48 bits per heavy atom. The van der Waals surface area contributed by atoms with E-state index in [-0.39, 0.29) is 22.7 Å². The number of nitro groups is 1. The van der Waals surface area contributed by atoms with E-state index in [1.807, 2.05) is 0 Å². The van der Waals surface area contributed by atoms with Crippen LogP contribution in [0.25, 0.3) is 6.08 Å². The van der Waals surface area contributed by atoms with E-state index in [1.54, 1.807) is 6.07 Å². The number of nitro benzene ring substituents is 1. The average molecular weight is 358 g/mol. The molecule has 25 heavy (non-hydrogen) atoms. The summed E-state index contributed by atoms with van der Waals surface area (Å²) >= 11 is 0.749. The Hall–Kier alpha value is -3.00. The maximum absolute atomic E-state index is 12.9. The van der Waals surface area contributed by atoms with E-state index < -0.39 is 21.9 Å². The summed E-state index contributed by atoms with van der Waals surface area (Å²) in [7, 11) is 0. The molecule has 0 atom stereocenters. The van der Waals surface area contributed by atoms with Gasteiger partial charge in [-0.15, -0.1) is 0 Å². The number of amides is 2. The van der Waals surface area contributed by atoms with E-state index >= 15 is 0 Å². The SMILES string of the molecule is O=C1S/C(=C/c2ccc(F)cc2)C(=O)N1Cc1ccccc1[N+](=O)[O-]. The van der Waals surface area contributed by atoms with Crippen LogP contribution in [-0.4, -0.2) is 21.0 Å². The highest BCUT2D eigenvalue weighted by Crippen LogP contribution is 2.34. The molecular weight excluding hydrogens is 347 g/mol. The molecule has 2 aromatic rings. The summed E-state index contributed by atoms with van der Waals surface area (Å²) in [6.07, 6.45) is 1.49. The smallest absolute Gasteiger partial charge is 0.268 e. The summed E-state index contributed by atoms with van der Waals surface area (Å²) in [5, 5.41) is 10.6. The third kappa shape index (κ3) is 3.58. The summed E-state index contributed by atoms with van der Waals surface area (Å²) in [4.78, 5) is 36.2. The van der Waals surface area contributed by atoms with Gasteiger partial charge < -0.3 is 0 Å². The number of carbonyl (C=O) groups is 2. The largest absolute Gasteiger partial charge is 0.293 e. The molecular formula is C17H11FN2O4S. The second-order valence-corrected chi connectivity index (χ2v) is 6.20. The molecule has 1 saturated heterocycles. The zero-order valence-electron chi connectivity index (χ0n) is 12.7. The molecule has 0 spiro atoms. The molecule has 2 amide bonds. The fourth-order valence-corrected chi connectivity index (χ4v) is 3.18. The molecule has 0 saturated carbocycles. The minimum atomic E-state index is -0.553. The number of hydrogen-bond donors (Lipinski definition) is 0. The van der Waals surface area contributed by atoms with E-state index in [0.29, 0.717) is 5.56 Å². The summed E-state index contributed by atoms with van der Waals surface area (Å²) < 4.78 is 12.9. The normalized spacial score (nSPS) is 15.9. The second-order valence-electron chi connectivity index (χ2n) is 5.21. The van der Waals surface area contributed by atoms with Crippen molar-refractivity contribution in [3.63, 3.8) is 0 Å². The van der Waals surface area contributed by atoms with E-state index in [9.17, 15) is 24.1 Å². The predicted octanol–water partition coefficient (Wildman–Crippen LogP) is 3.97. The fraction of sp³-hybridized carbons (Fsp3) is 0.0588. The Bertz CT molecular complexity index is 896. The predicted molar refractivity (Wildman–Crippen MR) is 91.0 cm³/mol. The molecule has 3 rings (SSSR count). The number of imide groups is 1. The monoisotopic (exact) mass is 358 g/mol. The first-order chi connectivity index (χ1) is 12.0. The maximum Gasteiger partial charge on any atom is 0.293 e. The molecule has 0 aliphatic carbocycles. The van der Waals surface area contributed by atoms with Crippen LogP contribution in [0.2, 0.25) is 0 Å². The number of hydrogen-bond acceptors (Lipinski definition) is 5. The molecule has 1 heterocycles. The Morgan fingerprint density at radius 1 is 1.12 bits per heavy atom. The molecule has 1 aliphatic heterocycles. The Balaban J connectivity index is 1.85. The molecule has 0 unspecified atom stereocenters. The average Bonchev–Trinajstić information content (AvgIpc) is 2.85. The van der Waals surface area contributed by atoms with Gasteiger partial charge in [0.25, 0.3) is 16.8 Å². The van der Waals surface area contributed by atoms with Crippen molar-refractivity contribution in [1.29, 1.82) is 0 Å². The number of thioether (sulfide) groups is 1. The van der Waals surface area contributed by atoms with Crippen LogP contribution in [0.4, 0.5) is 14.9 Å². The van der Waals surface area contributed by atoms with Gasteiger partial charge in [-0.25, -0.2) is 4.39 Å². The number of para-hydroxylation sites is 1. The minimum Gasteiger partial charge on any atom is -0.268 e. The van der Waals surface area contributed by atoms with Crippen molar-refractivity contribution in [2.24, 2.45) is 0 Å². The van der Waals surface area contributed by atoms with Crippen molar-refractivity contribution in [2.45, 2.75) is 6.54 Å². The molecule has 0 N–H and O–H groups in total. The highest BCUT2D eigenvalue weighted by atomic mass is 32.2. The van der Waals surface area contributed by atoms with Gasteiger partial charge in [-0.1, -0.05) is 30.3 Å². The highest BCUT2D eigenvalue weighted by Gasteiger charge is 2.36. The Labute approximate surface area is 146 Å². The summed E-state index contributed by atoms with van der Waals surface area (Å²) in [5.41, 5.74) is 0.708. The molecule has 2 aromatic carbocycles. The quantitative estimate of drug-likeness (QED) is 0.469. The number of benzene rings is 2. The fourth-order valence-electron chi connectivity index (χ4n) is 2.34. The number of rotatable bonds is 4. The first-order valence-electron chi connectivity index (χ1n) is 7.19. The van der Waals surface area contributed by atoms with Crippen molar-refractivity contribution in [3.8, 4) is 0 Å². The number of carbonyl (C=O) groups excluding carboxylic acids is 2. The standard InChI is InChI=1S/C17H11FN2O4S/c18-13-7-5-11(6-8-13)9-15-16(21)19(17(22)25-15)10-12-3-1-2-4-14(12)20(23)24/h1-9H,10H2/b15-9+. The topological polar surface area (TPSA) is 80.5 Å². The van der Waals surface area contributed by atoms with Gasteiger partial charge in [0, 0.05) is 11.6 Å². The number of nitrogens with zero attached hydrogens (tertiary/aromatic N) is 2. The second kappa shape index (κ2) is 6.86. The number of halogens is 1. The van der Waals surface area contributed by atoms with Crippen LogP contribution >= 0.6 is 11.8 Å². The van der Waals surface area contributed by atoms with Gasteiger partial charge in [-0.2, -0.15) is 0 Å². The van der Waals surface area contributed by atoms with Crippen molar-refractivity contribution >= 4 is 34.7 Å². The van der Waals surface area contributed by atoms with Gasteiger partial charge in [-0.05, 0) is 35.5 Å². The lowest BCUT2D eigenvalue weighted by Crippen LogP contribution is -2.27. The third-order valence-corrected chi connectivity index (χ3v) is 4.47. The van der Waals surface area contributed by atoms with Crippen LogP contribution in [0.15, 0.2) is 53.4 Å². The van der Waals surface area contributed by atoms with E-state index in [0.717, 1.165) is 16.7 Å². The van der Waals surface area contributed by atoms with Gasteiger partial charge >= 0.3 is 0 Å². The van der Waals surface area contributed by atoms with Gasteiger partial charge in [0.15, 0.2) is 0 Å². The first kappa shape index (κ1) is 16.8. The van der Waals surface area contributed by atoms with Crippen LogP contribution < -0.4 is 0 Å². The van der Waals surface area contributed by atoms with E-state index in [4.69, 9.17) is 0 Å². The molecule has 0 bridgehead atoms. The zero-order valence-corrected chi connectivity index (χ0v) is 13.5. The maximum atomic E-state index is 12.9. The van der Waals surface area contributed by atoms with Gasteiger partial charge in [0.05, 0.1) is 16.4 Å². The summed E-state index contributed by atoms with van der Waals surface area (Å²) in [6, 6.07) is 11.4. The summed E-state index contributed by atoms with van der Waals surface area (Å²) in [5.74, 6) is -0.931. The molecule has 0 aromatic heterocycles. The van der Waals surface area contributed by atoms with E-state index in [1.165, 1.54) is 48.5 Å². The van der Waals surface area contributed by atoms with Crippen molar-refractivity contribution in [1.82, 2.24) is 4.90 Å². The van der Waals surface area contributed by atoms with Gasteiger partial charge in [0.1, 0.15) is 5.82 Å². The molecule has 1 fully saturated rings. The Kier molecular flexibility index (Phi) is 4.62. The van der Waals surface area contributed by atoms with Crippen LogP contribution in [0, 0.1) is 15.9 Å². The lowest BCUT2D eigenvalue weighted by atomic mass is 10.1. The van der Waals surface area contributed by atoms with Crippen LogP contribution in [0.3, 0.4) is 0 Å². The minimum absolute atomic E-state index is 0.149. The molecule has 6 nitrogen and oxygen atoms in total. The zero-order chi connectivity index (χ0) is 18.0. The van der Waals surface area contributed by atoms with Crippen molar-refractivity contribution in [2.75, 3.05) is 0 Å². The molecule has 1 aliphatic rings. The Morgan fingerprint density at radius 2 is 1.80 bits per heavy atom. The van der Waals surface area contributed by atoms with Crippen LogP contribution in [0.5, 0.6) is 0 Å². The van der Waals surface area contributed by atoms with Crippen LogP contribution in [0.1, 0.15) is 11.1 Å². The third-order valence-electron chi connectivity index (χ3n) is 3.56. The van der Waals surface area contributed by atoms with Crippen molar-refractivity contribution < 1.29 is 18.9 Å². The lowest BCUT2D eigenvalue weighted by Gasteiger charge is -2.12. The first-order valence-corrected chi connectivity index (χ1v) is 8.00. The van der Waals surface area contributed by atoms with E-state index in [2.05, 4.69) is 0 Å².